The Morgan fingerprint density at radius 2 is 2.20 bits per heavy atom. The summed E-state index contributed by atoms with van der Waals surface area (Å²) in [5, 5.41) is 12.1. The van der Waals surface area contributed by atoms with Gasteiger partial charge < -0.3 is 10.1 Å². The molecule has 0 saturated heterocycles. The Morgan fingerprint density at radius 1 is 1.45 bits per heavy atom. The summed E-state index contributed by atoms with van der Waals surface area (Å²) in [5.74, 6) is 0.662. The molecule has 1 aromatic carbocycles. The molecule has 0 aliphatic heterocycles. The molecule has 0 radical (unpaired) electrons. The summed E-state index contributed by atoms with van der Waals surface area (Å²) < 4.78 is 5.54. The van der Waals surface area contributed by atoms with Crippen molar-refractivity contribution in [3.8, 4) is 11.8 Å². The van der Waals surface area contributed by atoms with Crippen molar-refractivity contribution < 1.29 is 9.53 Å². The number of carbonyl (C=O) groups is 1. The van der Waals surface area contributed by atoms with Crippen molar-refractivity contribution in [2.24, 2.45) is 0 Å². The molecule has 0 heterocycles. The lowest BCUT2D eigenvalue weighted by atomic mass is 10.00. The van der Waals surface area contributed by atoms with E-state index in [1.807, 2.05) is 31.2 Å². The third kappa shape index (κ3) is 3.74. The SMILES string of the molecule is Cc1cccc(OCCC(=O)NC2(C#N)CCCC2)c1. The van der Waals surface area contributed by atoms with Gasteiger partial charge in [0, 0.05) is 0 Å². The van der Waals surface area contributed by atoms with Crippen LogP contribution in [0.3, 0.4) is 0 Å². The third-order valence-electron chi connectivity index (χ3n) is 3.64. The summed E-state index contributed by atoms with van der Waals surface area (Å²) in [7, 11) is 0. The molecule has 2 rings (SSSR count). The number of hydrogen-bond donors (Lipinski definition) is 1. The van der Waals surface area contributed by atoms with Crippen LogP contribution in [0.2, 0.25) is 0 Å². The highest BCUT2D eigenvalue weighted by atomic mass is 16.5. The van der Waals surface area contributed by atoms with E-state index in [2.05, 4.69) is 11.4 Å². The topological polar surface area (TPSA) is 62.1 Å². The van der Waals surface area contributed by atoms with Crippen LogP contribution in [0.1, 0.15) is 37.7 Å². The Morgan fingerprint density at radius 3 is 2.85 bits per heavy atom. The van der Waals surface area contributed by atoms with Crippen molar-refractivity contribution in [2.75, 3.05) is 6.61 Å². The Bertz CT molecular complexity index is 513. The molecule has 1 aliphatic rings. The first-order valence-corrected chi connectivity index (χ1v) is 7.05. The normalized spacial score (nSPS) is 16.4. The van der Waals surface area contributed by atoms with Crippen LogP contribution >= 0.6 is 0 Å². The second-order valence-corrected chi connectivity index (χ2v) is 5.36. The van der Waals surface area contributed by atoms with Gasteiger partial charge in [0.1, 0.15) is 11.3 Å². The lowest BCUT2D eigenvalue weighted by molar-refractivity contribution is -0.122. The van der Waals surface area contributed by atoms with E-state index in [-0.39, 0.29) is 12.3 Å². The number of aryl methyl sites for hydroxylation is 1. The van der Waals surface area contributed by atoms with E-state index in [1.54, 1.807) is 0 Å². The van der Waals surface area contributed by atoms with E-state index >= 15 is 0 Å². The smallest absolute Gasteiger partial charge is 0.224 e. The van der Waals surface area contributed by atoms with Gasteiger partial charge in [-0.2, -0.15) is 5.26 Å². The van der Waals surface area contributed by atoms with Crippen LogP contribution < -0.4 is 10.1 Å². The second-order valence-electron chi connectivity index (χ2n) is 5.36. The highest BCUT2D eigenvalue weighted by Crippen LogP contribution is 2.28. The molecule has 0 bridgehead atoms. The molecule has 20 heavy (non-hydrogen) atoms. The minimum Gasteiger partial charge on any atom is -0.493 e. The number of hydrogen-bond acceptors (Lipinski definition) is 3. The van der Waals surface area contributed by atoms with Gasteiger partial charge in [-0.05, 0) is 50.3 Å². The van der Waals surface area contributed by atoms with Gasteiger partial charge in [-0.3, -0.25) is 4.79 Å². The quantitative estimate of drug-likeness (QED) is 0.896. The molecule has 0 aromatic heterocycles. The minimum absolute atomic E-state index is 0.110. The average molecular weight is 272 g/mol. The molecule has 1 fully saturated rings. The number of amides is 1. The summed E-state index contributed by atoms with van der Waals surface area (Å²) in [6.07, 6.45) is 3.81. The summed E-state index contributed by atoms with van der Waals surface area (Å²) >= 11 is 0. The molecule has 1 saturated carbocycles. The fourth-order valence-corrected chi connectivity index (χ4v) is 2.54. The van der Waals surface area contributed by atoms with Gasteiger partial charge in [0.2, 0.25) is 5.91 Å². The fourth-order valence-electron chi connectivity index (χ4n) is 2.54. The number of rotatable bonds is 5. The van der Waals surface area contributed by atoms with Crippen LogP contribution in [0.25, 0.3) is 0 Å². The number of benzene rings is 1. The molecule has 1 aliphatic carbocycles. The van der Waals surface area contributed by atoms with Crippen LogP contribution in [0, 0.1) is 18.3 Å². The van der Waals surface area contributed by atoms with Crippen molar-refractivity contribution >= 4 is 5.91 Å². The molecule has 0 atom stereocenters. The molecule has 1 aromatic rings. The standard InChI is InChI=1S/C16H20N2O2/c1-13-5-4-6-14(11-13)20-10-7-15(19)18-16(12-17)8-2-3-9-16/h4-6,11H,2-3,7-10H2,1H3,(H,18,19). The van der Waals surface area contributed by atoms with Gasteiger partial charge in [-0.15, -0.1) is 0 Å². The largest absolute Gasteiger partial charge is 0.493 e. The molecule has 4 heteroatoms. The zero-order valence-corrected chi connectivity index (χ0v) is 11.8. The molecule has 4 nitrogen and oxygen atoms in total. The van der Waals surface area contributed by atoms with Gasteiger partial charge >= 0.3 is 0 Å². The molecular weight excluding hydrogens is 252 g/mol. The number of nitrogens with one attached hydrogen (secondary N) is 1. The summed E-state index contributed by atoms with van der Waals surface area (Å²) in [6.45, 7) is 2.33. The fraction of sp³-hybridized carbons (Fsp3) is 0.500. The van der Waals surface area contributed by atoms with Crippen molar-refractivity contribution in [1.82, 2.24) is 5.32 Å². The van der Waals surface area contributed by atoms with Gasteiger partial charge in [-0.1, -0.05) is 12.1 Å². The average Bonchev–Trinajstić information content (AvgIpc) is 2.88. The molecule has 106 valence electrons. The summed E-state index contributed by atoms with van der Waals surface area (Å²) in [5.41, 5.74) is 0.488. The van der Waals surface area contributed by atoms with E-state index in [4.69, 9.17) is 4.74 Å². The van der Waals surface area contributed by atoms with Crippen LogP contribution in [0.4, 0.5) is 0 Å². The van der Waals surface area contributed by atoms with Crippen molar-refractivity contribution in [3.05, 3.63) is 29.8 Å². The molecule has 1 N–H and O–H groups in total. The zero-order valence-electron chi connectivity index (χ0n) is 11.8. The predicted molar refractivity (Wildman–Crippen MR) is 76.2 cm³/mol. The number of carbonyl (C=O) groups excluding carboxylic acids is 1. The zero-order chi connectivity index (χ0) is 14.4. The van der Waals surface area contributed by atoms with Gasteiger partial charge in [-0.25, -0.2) is 0 Å². The van der Waals surface area contributed by atoms with E-state index in [0.29, 0.717) is 6.61 Å². The second kappa shape index (κ2) is 6.42. The van der Waals surface area contributed by atoms with Crippen LogP contribution in [0.5, 0.6) is 5.75 Å². The number of ether oxygens (including phenoxy) is 1. The predicted octanol–water partition coefficient (Wildman–Crippen LogP) is 2.72. The van der Waals surface area contributed by atoms with Crippen LogP contribution in [0.15, 0.2) is 24.3 Å². The van der Waals surface area contributed by atoms with E-state index in [0.717, 1.165) is 37.0 Å². The lowest BCUT2D eigenvalue weighted by Gasteiger charge is -2.21. The first-order valence-electron chi connectivity index (χ1n) is 7.05. The minimum atomic E-state index is -0.638. The van der Waals surface area contributed by atoms with Gasteiger partial charge in [0.15, 0.2) is 0 Å². The molecule has 1 amide bonds. The highest BCUT2D eigenvalue weighted by Gasteiger charge is 2.35. The highest BCUT2D eigenvalue weighted by molar-refractivity contribution is 5.77. The number of nitrogens with zero attached hydrogens (tertiary/aromatic N) is 1. The summed E-state index contributed by atoms with van der Waals surface area (Å²) in [4.78, 5) is 11.9. The summed E-state index contributed by atoms with van der Waals surface area (Å²) in [6, 6.07) is 9.98. The monoisotopic (exact) mass is 272 g/mol. The maximum atomic E-state index is 11.9. The van der Waals surface area contributed by atoms with Gasteiger partial charge in [0.05, 0.1) is 19.1 Å². The van der Waals surface area contributed by atoms with Crippen LogP contribution in [-0.4, -0.2) is 18.1 Å². The first kappa shape index (κ1) is 14.4. The van der Waals surface area contributed by atoms with Crippen molar-refractivity contribution in [3.63, 3.8) is 0 Å². The molecule has 0 spiro atoms. The van der Waals surface area contributed by atoms with E-state index < -0.39 is 5.54 Å². The number of nitriles is 1. The van der Waals surface area contributed by atoms with Crippen LogP contribution in [-0.2, 0) is 4.79 Å². The lowest BCUT2D eigenvalue weighted by Crippen LogP contribution is -2.45. The maximum absolute atomic E-state index is 11.9. The Hall–Kier alpha value is -2.02. The first-order chi connectivity index (χ1) is 9.63. The van der Waals surface area contributed by atoms with Gasteiger partial charge in [0.25, 0.3) is 0 Å². The molecule has 0 unspecified atom stereocenters. The van der Waals surface area contributed by atoms with E-state index in [1.165, 1.54) is 0 Å². The Kier molecular flexibility index (Phi) is 4.62. The van der Waals surface area contributed by atoms with E-state index in [9.17, 15) is 10.1 Å². The van der Waals surface area contributed by atoms with Crippen molar-refractivity contribution in [2.45, 2.75) is 44.6 Å². The third-order valence-corrected chi connectivity index (χ3v) is 3.64. The van der Waals surface area contributed by atoms with Crippen molar-refractivity contribution in [1.29, 1.82) is 5.26 Å². The Labute approximate surface area is 119 Å². The molecular formula is C16H20N2O2. The Balaban J connectivity index is 1.77. The maximum Gasteiger partial charge on any atom is 0.224 e.